The second kappa shape index (κ2) is 4.66. The van der Waals surface area contributed by atoms with Crippen molar-refractivity contribution in [2.75, 3.05) is 0 Å². The number of carbonyl (C=O) groups is 1. The highest BCUT2D eigenvalue weighted by Gasteiger charge is 2.62. The zero-order valence-electron chi connectivity index (χ0n) is 9.68. The SMILES string of the molecule is CCc1cc(CC(=O)C(F)(F)C(F)(F)F)n(C)n1. The van der Waals surface area contributed by atoms with E-state index < -0.39 is 24.3 Å². The van der Waals surface area contributed by atoms with Crippen LogP contribution in [0, 0.1) is 0 Å². The van der Waals surface area contributed by atoms with Gasteiger partial charge in [-0.1, -0.05) is 6.92 Å². The normalized spacial score (nSPS) is 12.8. The molecule has 102 valence electrons. The summed E-state index contributed by atoms with van der Waals surface area (Å²) in [6.07, 6.45) is -6.37. The lowest BCUT2D eigenvalue weighted by atomic mass is 10.1. The van der Waals surface area contributed by atoms with Crippen molar-refractivity contribution in [3.63, 3.8) is 0 Å². The molecule has 0 aliphatic heterocycles. The van der Waals surface area contributed by atoms with Gasteiger partial charge in [0.2, 0.25) is 5.78 Å². The van der Waals surface area contributed by atoms with E-state index in [1.165, 1.54) is 13.1 Å². The molecule has 0 fully saturated rings. The highest BCUT2D eigenvalue weighted by Crippen LogP contribution is 2.36. The van der Waals surface area contributed by atoms with Crippen molar-refractivity contribution in [2.24, 2.45) is 7.05 Å². The first-order chi connectivity index (χ1) is 8.09. The van der Waals surface area contributed by atoms with Gasteiger partial charge in [0.25, 0.3) is 0 Å². The number of Topliss-reactive ketones (excluding diaryl/α,β-unsaturated/α-hetero) is 1. The van der Waals surface area contributed by atoms with Crippen molar-refractivity contribution in [3.8, 4) is 0 Å². The van der Waals surface area contributed by atoms with Crippen molar-refractivity contribution in [1.82, 2.24) is 9.78 Å². The van der Waals surface area contributed by atoms with E-state index >= 15 is 0 Å². The van der Waals surface area contributed by atoms with Gasteiger partial charge in [0, 0.05) is 12.7 Å². The van der Waals surface area contributed by atoms with Crippen LogP contribution in [0.3, 0.4) is 0 Å². The maximum Gasteiger partial charge on any atom is 0.461 e. The fourth-order valence-corrected chi connectivity index (χ4v) is 1.34. The van der Waals surface area contributed by atoms with Crippen molar-refractivity contribution in [1.29, 1.82) is 0 Å². The molecule has 0 aliphatic rings. The van der Waals surface area contributed by atoms with Gasteiger partial charge in [0.05, 0.1) is 12.1 Å². The van der Waals surface area contributed by atoms with Crippen LogP contribution in [0.25, 0.3) is 0 Å². The summed E-state index contributed by atoms with van der Waals surface area (Å²) in [5.74, 6) is -7.51. The molecule has 1 heterocycles. The van der Waals surface area contributed by atoms with E-state index in [1.807, 2.05) is 0 Å². The van der Waals surface area contributed by atoms with Crippen LogP contribution >= 0.6 is 0 Å². The topological polar surface area (TPSA) is 34.9 Å². The van der Waals surface area contributed by atoms with Crippen LogP contribution in [0.2, 0.25) is 0 Å². The lowest BCUT2D eigenvalue weighted by Crippen LogP contribution is -2.45. The quantitative estimate of drug-likeness (QED) is 0.787. The number of rotatable bonds is 4. The van der Waals surface area contributed by atoms with Gasteiger partial charge in [-0.05, 0) is 12.5 Å². The van der Waals surface area contributed by atoms with Gasteiger partial charge < -0.3 is 0 Å². The van der Waals surface area contributed by atoms with Gasteiger partial charge >= 0.3 is 12.1 Å². The highest BCUT2D eigenvalue weighted by atomic mass is 19.4. The number of hydrogen-bond donors (Lipinski definition) is 0. The van der Waals surface area contributed by atoms with Crippen LogP contribution in [0.1, 0.15) is 18.3 Å². The second-order valence-electron chi connectivity index (χ2n) is 3.78. The Labute approximate surface area is 99.6 Å². The number of halogens is 5. The molecular formula is C10H11F5N2O. The van der Waals surface area contributed by atoms with E-state index in [2.05, 4.69) is 5.10 Å². The molecule has 18 heavy (non-hydrogen) atoms. The predicted molar refractivity (Wildman–Crippen MR) is 52.3 cm³/mol. The number of ketones is 1. The van der Waals surface area contributed by atoms with E-state index in [9.17, 15) is 26.7 Å². The van der Waals surface area contributed by atoms with Crippen LogP contribution in [-0.2, 0) is 24.7 Å². The molecule has 0 radical (unpaired) electrons. The molecule has 0 N–H and O–H groups in total. The fourth-order valence-electron chi connectivity index (χ4n) is 1.34. The minimum Gasteiger partial charge on any atom is -0.292 e. The molecule has 0 atom stereocenters. The number of carbonyl (C=O) groups excluding carboxylic acids is 1. The molecule has 0 unspecified atom stereocenters. The van der Waals surface area contributed by atoms with Crippen LogP contribution < -0.4 is 0 Å². The predicted octanol–water partition coefficient (Wildman–Crippen LogP) is 2.29. The molecule has 0 aromatic carbocycles. The zero-order valence-corrected chi connectivity index (χ0v) is 9.68. The summed E-state index contributed by atoms with van der Waals surface area (Å²) in [6.45, 7) is 1.75. The molecule has 1 aromatic rings. The third-order valence-corrected chi connectivity index (χ3v) is 2.44. The molecule has 0 saturated heterocycles. The molecule has 1 aromatic heterocycles. The van der Waals surface area contributed by atoms with Crippen molar-refractivity contribution >= 4 is 5.78 Å². The first kappa shape index (κ1) is 14.6. The summed E-state index contributed by atoms with van der Waals surface area (Å²) < 4.78 is 62.5. The highest BCUT2D eigenvalue weighted by molar-refractivity contribution is 5.88. The molecule has 0 amide bonds. The number of alkyl halides is 5. The van der Waals surface area contributed by atoms with E-state index in [1.54, 1.807) is 6.92 Å². The number of aryl methyl sites for hydroxylation is 2. The Morgan fingerprint density at radius 3 is 2.28 bits per heavy atom. The standard InChI is InChI=1S/C10H11F5N2O/c1-3-6-4-7(17(2)16-6)5-8(18)9(11,12)10(13,14)15/h4H,3,5H2,1-2H3. The molecule has 0 saturated carbocycles. The summed E-state index contributed by atoms with van der Waals surface area (Å²) in [5, 5.41) is 3.86. The lowest BCUT2D eigenvalue weighted by molar-refractivity contribution is -0.268. The smallest absolute Gasteiger partial charge is 0.292 e. The molecule has 0 spiro atoms. The average Bonchev–Trinajstić information content (AvgIpc) is 2.58. The minimum absolute atomic E-state index is 0.0285. The zero-order chi connectivity index (χ0) is 14.1. The Morgan fingerprint density at radius 1 is 1.33 bits per heavy atom. The monoisotopic (exact) mass is 270 g/mol. The van der Waals surface area contributed by atoms with E-state index in [-0.39, 0.29) is 5.69 Å². The summed E-state index contributed by atoms with van der Waals surface area (Å²) in [6, 6.07) is 1.34. The van der Waals surface area contributed by atoms with Crippen LogP contribution in [0.15, 0.2) is 6.07 Å². The summed E-state index contributed by atoms with van der Waals surface area (Å²) in [4.78, 5) is 11.0. The first-order valence-corrected chi connectivity index (χ1v) is 5.09. The van der Waals surface area contributed by atoms with Gasteiger partial charge in [-0.3, -0.25) is 9.48 Å². The molecular weight excluding hydrogens is 259 g/mol. The van der Waals surface area contributed by atoms with Crippen molar-refractivity contribution in [2.45, 2.75) is 31.9 Å². The Morgan fingerprint density at radius 2 is 1.89 bits per heavy atom. The minimum atomic E-state index is -5.86. The molecule has 0 bridgehead atoms. The first-order valence-electron chi connectivity index (χ1n) is 5.09. The Hall–Kier alpha value is -1.47. The molecule has 1 rings (SSSR count). The van der Waals surface area contributed by atoms with Crippen LogP contribution in [-0.4, -0.2) is 27.7 Å². The molecule has 0 aliphatic carbocycles. The van der Waals surface area contributed by atoms with Crippen LogP contribution in [0.4, 0.5) is 22.0 Å². The fraction of sp³-hybridized carbons (Fsp3) is 0.600. The Bertz CT molecular complexity index is 450. The van der Waals surface area contributed by atoms with E-state index in [4.69, 9.17) is 0 Å². The van der Waals surface area contributed by atoms with Gasteiger partial charge in [0.15, 0.2) is 0 Å². The second-order valence-corrected chi connectivity index (χ2v) is 3.78. The van der Waals surface area contributed by atoms with Gasteiger partial charge in [-0.15, -0.1) is 0 Å². The van der Waals surface area contributed by atoms with Gasteiger partial charge in [-0.25, -0.2) is 0 Å². The number of hydrogen-bond acceptors (Lipinski definition) is 2. The Kier molecular flexibility index (Phi) is 3.78. The van der Waals surface area contributed by atoms with Gasteiger partial charge in [0.1, 0.15) is 0 Å². The molecule has 8 heteroatoms. The van der Waals surface area contributed by atoms with E-state index in [0.29, 0.717) is 12.1 Å². The van der Waals surface area contributed by atoms with E-state index in [0.717, 1.165) is 4.68 Å². The van der Waals surface area contributed by atoms with Gasteiger partial charge in [-0.2, -0.15) is 27.1 Å². The third-order valence-electron chi connectivity index (χ3n) is 2.44. The van der Waals surface area contributed by atoms with Crippen LogP contribution in [0.5, 0.6) is 0 Å². The summed E-state index contributed by atoms with van der Waals surface area (Å²) in [7, 11) is 1.38. The number of aromatic nitrogens is 2. The largest absolute Gasteiger partial charge is 0.461 e. The van der Waals surface area contributed by atoms with Crippen molar-refractivity contribution in [3.05, 3.63) is 17.5 Å². The lowest BCUT2D eigenvalue weighted by Gasteiger charge is -2.17. The van der Waals surface area contributed by atoms with Crippen molar-refractivity contribution < 1.29 is 26.7 Å². The molecule has 3 nitrogen and oxygen atoms in total. The maximum absolute atomic E-state index is 12.7. The summed E-state index contributed by atoms with van der Waals surface area (Å²) in [5.41, 5.74) is 0.552. The number of nitrogens with zero attached hydrogens (tertiary/aromatic N) is 2. The third kappa shape index (κ3) is 2.68. The summed E-state index contributed by atoms with van der Waals surface area (Å²) >= 11 is 0. The average molecular weight is 270 g/mol. The Balaban J connectivity index is 2.91. The maximum atomic E-state index is 12.7.